The molecule has 4 rings (SSSR count). The number of nitrogens with zero attached hydrogens (tertiary/aromatic N) is 4. The molecule has 3 N–H and O–H groups in total. The highest BCUT2D eigenvalue weighted by atomic mass is 35.5. The first-order chi connectivity index (χ1) is 19.4. The zero-order valence-corrected chi connectivity index (χ0v) is 26.1. The SMILES string of the molecule is CCc1[nH]c(C(=O)N[C@@H]2CCN(c3nc(C)c(C(=O)NC4CCN(C(=O)OC(C)(C)C)CC4)s3)C[C@@H]2OC)nc1Cl. The van der Waals surface area contributed by atoms with Gasteiger partial charge in [-0.25, -0.2) is 14.8 Å². The van der Waals surface area contributed by atoms with Gasteiger partial charge in [0, 0.05) is 39.3 Å². The van der Waals surface area contributed by atoms with Gasteiger partial charge in [-0.1, -0.05) is 29.9 Å². The van der Waals surface area contributed by atoms with Gasteiger partial charge in [0.2, 0.25) is 0 Å². The maximum atomic E-state index is 13.2. The summed E-state index contributed by atoms with van der Waals surface area (Å²) in [4.78, 5) is 54.4. The number of hydrogen-bond donors (Lipinski definition) is 3. The molecule has 2 aliphatic rings. The molecule has 3 amide bonds. The molecule has 0 aromatic carbocycles. The standard InChI is InChI=1S/C27H40ClN7O5S/c1-7-17-21(28)33-22(31-17)24(37)32-18-10-13-35(14-19(18)39-6)25-29-15(2)20(41-25)23(36)30-16-8-11-34(12-9-16)26(38)40-27(3,4)5/h16,18-19H,7-14H2,1-6H3,(H,30,36)(H,31,33)(H,32,37)/t18-,19+/m1/s1. The Bertz CT molecular complexity index is 1250. The quantitative estimate of drug-likeness (QED) is 0.433. The fourth-order valence-corrected chi connectivity index (χ4v) is 6.24. The number of amides is 3. The molecule has 0 unspecified atom stereocenters. The van der Waals surface area contributed by atoms with Crippen LogP contribution in [0.25, 0.3) is 0 Å². The fourth-order valence-electron chi connectivity index (χ4n) is 4.97. The van der Waals surface area contributed by atoms with E-state index in [0.29, 0.717) is 67.6 Å². The van der Waals surface area contributed by atoms with E-state index in [0.717, 1.165) is 10.8 Å². The summed E-state index contributed by atoms with van der Waals surface area (Å²) in [5, 5.41) is 7.18. The van der Waals surface area contributed by atoms with E-state index in [-0.39, 0.29) is 41.9 Å². The molecule has 2 aromatic rings. The minimum atomic E-state index is -0.538. The van der Waals surface area contributed by atoms with E-state index in [9.17, 15) is 14.4 Å². The largest absolute Gasteiger partial charge is 0.444 e. The predicted molar refractivity (Wildman–Crippen MR) is 157 cm³/mol. The van der Waals surface area contributed by atoms with Crippen LogP contribution < -0.4 is 15.5 Å². The van der Waals surface area contributed by atoms with Gasteiger partial charge in [-0.3, -0.25) is 9.59 Å². The topological polar surface area (TPSA) is 142 Å². The average molecular weight is 610 g/mol. The van der Waals surface area contributed by atoms with Gasteiger partial charge < -0.3 is 34.9 Å². The van der Waals surface area contributed by atoms with Crippen molar-refractivity contribution < 1.29 is 23.9 Å². The monoisotopic (exact) mass is 609 g/mol. The average Bonchev–Trinajstić information content (AvgIpc) is 3.50. The predicted octanol–water partition coefficient (Wildman–Crippen LogP) is 3.54. The number of carbonyl (C=O) groups excluding carboxylic acids is 3. The number of hydrogen-bond acceptors (Lipinski definition) is 9. The van der Waals surface area contributed by atoms with Gasteiger partial charge in [0.15, 0.2) is 16.1 Å². The molecule has 226 valence electrons. The highest BCUT2D eigenvalue weighted by Crippen LogP contribution is 2.29. The maximum Gasteiger partial charge on any atom is 0.410 e. The van der Waals surface area contributed by atoms with Gasteiger partial charge in [0.1, 0.15) is 10.5 Å². The third-order valence-corrected chi connectivity index (χ3v) is 8.75. The summed E-state index contributed by atoms with van der Waals surface area (Å²) >= 11 is 7.45. The number of carbonyl (C=O) groups is 3. The van der Waals surface area contributed by atoms with Crippen LogP contribution in [0, 0.1) is 6.92 Å². The molecule has 0 spiro atoms. The smallest absolute Gasteiger partial charge is 0.410 e. The van der Waals surface area contributed by atoms with Gasteiger partial charge >= 0.3 is 6.09 Å². The molecule has 0 aliphatic carbocycles. The number of aryl methyl sites for hydroxylation is 2. The molecule has 14 heteroatoms. The summed E-state index contributed by atoms with van der Waals surface area (Å²) in [6.07, 6.45) is 2.01. The molecular weight excluding hydrogens is 570 g/mol. The number of likely N-dealkylation sites (tertiary alicyclic amines) is 1. The van der Waals surface area contributed by atoms with E-state index in [1.807, 2.05) is 34.6 Å². The first-order valence-electron chi connectivity index (χ1n) is 14.0. The Labute approximate surface area is 249 Å². The van der Waals surface area contributed by atoms with Crippen LogP contribution >= 0.6 is 22.9 Å². The van der Waals surface area contributed by atoms with Crippen molar-refractivity contribution in [2.75, 3.05) is 38.2 Å². The summed E-state index contributed by atoms with van der Waals surface area (Å²) in [6, 6.07) is -0.242. The Morgan fingerprint density at radius 1 is 1.10 bits per heavy atom. The van der Waals surface area contributed by atoms with Crippen molar-refractivity contribution in [3.05, 3.63) is 27.2 Å². The summed E-state index contributed by atoms with van der Waals surface area (Å²) in [6.45, 7) is 11.5. The van der Waals surface area contributed by atoms with Crippen LogP contribution in [-0.2, 0) is 15.9 Å². The number of nitrogens with one attached hydrogen (secondary N) is 3. The van der Waals surface area contributed by atoms with E-state index in [1.165, 1.54) is 11.3 Å². The number of aromatic nitrogens is 3. The number of halogens is 1. The summed E-state index contributed by atoms with van der Waals surface area (Å²) < 4.78 is 11.2. The fraction of sp³-hybridized carbons (Fsp3) is 0.667. The number of H-pyrrole nitrogens is 1. The van der Waals surface area contributed by atoms with Crippen molar-refractivity contribution >= 4 is 46.0 Å². The lowest BCUT2D eigenvalue weighted by molar-refractivity contribution is 0.0199. The van der Waals surface area contributed by atoms with E-state index >= 15 is 0 Å². The van der Waals surface area contributed by atoms with Crippen LogP contribution in [0.15, 0.2) is 0 Å². The van der Waals surface area contributed by atoms with Crippen LogP contribution in [-0.4, -0.2) is 94.8 Å². The third-order valence-electron chi connectivity index (χ3n) is 7.22. The number of rotatable bonds is 7. The number of piperidine rings is 2. The van der Waals surface area contributed by atoms with Crippen LogP contribution in [0.3, 0.4) is 0 Å². The molecular formula is C27H40ClN7O5S. The molecule has 2 aromatic heterocycles. The molecule has 2 aliphatic heterocycles. The molecule has 0 bridgehead atoms. The number of imidazole rings is 1. The van der Waals surface area contributed by atoms with E-state index < -0.39 is 5.60 Å². The summed E-state index contributed by atoms with van der Waals surface area (Å²) in [5.41, 5.74) is 0.850. The van der Waals surface area contributed by atoms with E-state index in [1.54, 1.807) is 12.0 Å². The van der Waals surface area contributed by atoms with Crippen molar-refractivity contribution in [1.82, 2.24) is 30.5 Å². The number of ether oxygens (including phenoxy) is 2. The van der Waals surface area contributed by atoms with Crippen LogP contribution in [0.4, 0.5) is 9.93 Å². The number of thiazole rings is 1. The van der Waals surface area contributed by atoms with Crippen LogP contribution in [0.5, 0.6) is 0 Å². The Balaban J connectivity index is 1.31. The Hall–Kier alpha value is -2.90. The zero-order chi connectivity index (χ0) is 29.9. The second-order valence-electron chi connectivity index (χ2n) is 11.4. The number of aromatic amines is 1. The molecule has 2 fully saturated rings. The molecule has 4 heterocycles. The van der Waals surface area contributed by atoms with E-state index in [4.69, 9.17) is 21.1 Å². The molecule has 12 nitrogen and oxygen atoms in total. The lowest BCUT2D eigenvalue weighted by Gasteiger charge is -2.37. The van der Waals surface area contributed by atoms with Gasteiger partial charge in [-0.05, 0) is 53.4 Å². The lowest BCUT2D eigenvalue weighted by Crippen LogP contribution is -2.55. The van der Waals surface area contributed by atoms with Gasteiger partial charge in [-0.15, -0.1) is 0 Å². The normalized spacial score (nSPS) is 20.2. The second-order valence-corrected chi connectivity index (χ2v) is 12.8. The van der Waals surface area contributed by atoms with Gasteiger partial charge in [0.25, 0.3) is 11.8 Å². The van der Waals surface area contributed by atoms with Crippen molar-refractivity contribution in [2.45, 2.75) is 84.1 Å². The number of anilines is 1. The summed E-state index contributed by atoms with van der Waals surface area (Å²) in [7, 11) is 1.62. The van der Waals surface area contributed by atoms with Crippen LogP contribution in [0.2, 0.25) is 5.15 Å². The number of methoxy groups -OCH3 is 1. The van der Waals surface area contributed by atoms with Crippen molar-refractivity contribution in [2.24, 2.45) is 0 Å². The van der Waals surface area contributed by atoms with E-state index in [2.05, 4.69) is 30.5 Å². The minimum Gasteiger partial charge on any atom is -0.444 e. The van der Waals surface area contributed by atoms with Gasteiger partial charge in [0.05, 0.1) is 23.5 Å². The molecule has 0 radical (unpaired) electrons. The maximum absolute atomic E-state index is 13.2. The highest BCUT2D eigenvalue weighted by molar-refractivity contribution is 7.17. The van der Waals surface area contributed by atoms with Crippen LogP contribution in [0.1, 0.15) is 78.6 Å². The Morgan fingerprint density at radius 2 is 1.80 bits per heavy atom. The first kappa shape index (κ1) is 31.0. The minimum absolute atomic E-state index is 0.0270. The molecule has 0 saturated carbocycles. The zero-order valence-electron chi connectivity index (χ0n) is 24.5. The van der Waals surface area contributed by atoms with Crippen molar-refractivity contribution in [3.63, 3.8) is 0 Å². The second kappa shape index (κ2) is 13.0. The molecule has 2 atom stereocenters. The first-order valence-corrected chi connectivity index (χ1v) is 15.2. The van der Waals surface area contributed by atoms with Crippen molar-refractivity contribution in [3.8, 4) is 0 Å². The molecule has 41 heavy (non-hydrogen) atoms. The summed E-state index contributed by atoms with van der Waals surface area (Å²) in [5.74, 6) is -0.296. The third kappa shape index (κ3) is 7.69. The molecule has 2 saturated heterocycles. The van der Waals surface area contributed by atoms with Crippen molar-refractivity contribution in [1.29, 1.82) is 0 Å². The highest BCUT2D eigenvalue weighted by Gasteiger charge is 2.34. The Morgan fingerprint density at radius 3 is 2.41 bits per heavy atom. The Kier molecular flexibility index (Phi) is 9.81. The lowest BCUT2D eigenvalue weighted by atomic mass is 10.0. The van der Waals surface area contributed by atoms with Gasteiger partial charge in [-0.2, -0.15) is 0 Å².